The summed E-state index contributed by atoms with van der Waals surface area (Å²) >= 11 is 6.29. The number of carbonyl (C=O) groups excluding carboxylic acids is 3. The number of carbonyl (C=O) groups is 3. The van der Waals surface area contributed by atoms with Crippen molar-refractivity contribution in [1.82, 2.24) is 9.80 Å². The number of thioether (sulfide) groups is 1. The molecule has 244 valence electrons. The lowest BCUT2D eigenvalue weighted by Crippen LogP contribution is -2.24. The molecule has 0 fully saturated rings. The van der Waals surface area contributed by atoms with Crippen LogP contribution in [-0.4, -0.2) is 87.8 Å². The van der Waals surface area contributed by atoms with E-state index in [4.69, 9.17) is 35.9 Å². The smallest absolute Gasteiger partial charge is 0.341 e. The number of rotatable bonds is 8. The van der Waals surface area contributed by atoms with E-state index in [2.05, 4.69) is 0 Å². The van der Waals surface area contributed by atoms with Gasteiger partial charge in [0.05, 0.1) is 27.4 Å². The van der Waals surface area contributed by atoms with Gasteiger partial charge < -0.3 is 33.5 Å². The minimum Gasteiger partial charge on any atom is -0.495 e. The van der Waals surface area contributed by atoms with E-state index in [0.29, 0.717) is 46.8 Å². The number of benzene rings is 4. The highest BCUT2D eigenvalue weighted by Gasteiger charge is 2.18. The van der Waals surface area contributed by atoms with Gasteiger partial charge in [-0.1, -0.05) is 12.1 Å². The summed E-state index contributed by atoms with van der Waals surface area (Å²) in [6.07, 6.45) is 0. The molecule has 1 amide bonds. The Morgan fingerprint density at radius 2 is 1.20 bits per heavy atom. The van der Waals surface area contributed by atoms with Gasteiger partial charge >= 0.3 is 11.9 Å². The first-order chi connectivity index (χ1) is 21.9. The summed E-state index contributed by atoms with van der Waals surface area (Å²) in [6, 6.07) is 18.1. The second kappa shape index (κ2) is 16.7. The third-order valence-electron chi connectivity index (χ3n) is 6.42. The van der Waals surface area contributed by atoms with E-state index in [1.54, 1.807) is 51.0 Å². The Morgan fingerprint density at radius 1 is 0.696 bits per heavy atom. The molecule has 4 aromatic rings. The van der Waals surface area contributed by atoms with Crippen molar-refractivity contribution < 1.29 is 38.1 Å². The molecule has 4 aromatic carbocycles. The van der Waals surface area contributed by atoms with Gasteiger partial charge in [0, 0.05) is 43.9 Å². The van der Waals surface area contributed by atoms with E-state index < -0.39 is 11.9 Å². The zero-order valence-electron chi connectivity index (χ0n) is 27.2. The number of ether oxygens (including phenoxy) is 5. The predicted octanol–water partition coefficient (Wildman–Crippen LogP) is 7.05. The first-order valence-corrected chi connectivity index (χ1v) is 15.5. The summed E-state index contributed by atoms with van der Waals surface area (Å²) in [4.78, 5) is 39.9. The quantitative estimate of drug-likeness (QED) is 0.110. The molecule has 0 saturated heterocycles. The maximum atomic E-state index is 12.0. The van der Waals surface area contributed by atoms with Gasteiger partial charge in [-0.3, -0.25) is 4.79 Å². The average molecular weight is 667 g/mol. The normalized spacial score (nSPS) is 10.3. The molecule has 0 spiro atoms. The van der Waals surface area contributed by atoms with Crippen molar-refractivity contribution in [1.29, 1.82) is 0 Å². The van der Waals surface area contributed by atoms with Crippen LogP contribution in [0.5, 0.6) is 17.2 Å². The molecular weight excluding hydrogens is 629 g/mol. The van der Waals surface area contributed by atoms with E-state index >= 15 is 0 Å². The van der Waals surface area contributed by atoms with Crippen LogP contribution >= 0.6 is 24.0 Å². The lowest BCUT2D eigenvalue weighted by molar-refractivity contribution is 0.0513. The lowest BCUT2D eigenvalue weighted by Gasteiger charge is -2.15. The summed E-state index contributed by atoms with van der Waals surface area (Å²) in [7, 11) is 10.1. The molecule has 0 N–H and O–H groups in total. The average Bonchev–Trinajstić information content (AvgIpc) is 3.03. The molecule has 0 heterocycles. The highest BCUT2D eigenvalue weighted by Crippen LogP contribution is 2.34. The van der Waals surface area contributed by atoms with Gasteiger partial charge in [0.1, 0.15) is 28.4 Å². The van der Waals surface area contributed by atoms with Crippen molar-refractivity contribution in [2.24, 2.45) is 0 Å². The minimum atomic E-state index is -0.410. The van der Waals surface area contributed by atoms with Crippen LogP contribution < -0.4 is 14.2 Å². The minimum absolute atomic E-state index is 0.0422. The van der Waals surface area contributed by atoms with E-state index in [1.807, 2.05) is 56.6 Å². The largest absolute Gasteiger partial charge is 0.495 e. The molecule has 46 heavy (non-hydrogen) atoms. The van der Waals surface area contributed by atoms with Crippen LogP contribution in [0.2, 0.25) is 0 Å². The molecule has 0 saturated carbocycles. The molecule has 0 bridgehead atoms. The Kier molecular flexibility index (Phi) is 13.0. The highest BCUT2D eigenvalue weighted by molar-refractivity contribution is 8.13. The van der Waals surface area contributed by atoms with Crippen molar-refractivity contribution in [2.45, 2.75) is 18.7 Å². The summed E-state index contributed by atoms with van der Waals surface area (Å²) in [5.41, 5.74) is 0.797. The zero-order chi connectivity index (χ0) is 34.0. The van der Waals surface area contributed by atoms with E-state index in [9.17, 15) is 14.4 Å². The Balaban J connectivity index is 0.000000250. The van der Waals surface area contributed by atoms with Crippen LogP contribution in [0.1, 0.15) is 34.6 Å². The van der Waals surface area contributed by atoms with Crippen LogP contribution in [-0.2, 0) is 9.47 Å². The molecule has 0 atom stereocenters. The first-order valence-electron chi connectivity index (χ1n) is 14.3. The Hall–Kier alpha value is -4.55. The SMILES string of the molecule is CCOC(=O)c1ccc2cc(OC(=S)N(C)C)ccc2c1OC.CCOC(=O)c1ccc2cc(SC(=O)N(C)C)ccc2c1OC. The summed E-state index contributed by atoms with van der Waals surface area (Å²) in [5, 5.41) is 3.72. The molecule has 0 aliphatic heterocycles. The summed E-state index contributed by atoms with van der Waals surface area (Å²) in [5.74, 6) is 0.786. The highest BCUT2D eigenvalue weighted by atomic mass is 32.2. The molecule has 0 aliphatic rings. The van der Waals surface area contributed by atoms with Crippen LogP contribution in [0, 0.1) is 0 Å². The summed E-state index contributed by atoms with van der Waals surface area (Å²) < 4.78 is 26.5. The van der Waals surface area contributed by atoms with Gasteiger partial charge in [-0.25, -0.2) is 9.59 Å². The van der Waals surface area contributed by atoms with Crippen molar-refractivity contribution in [3.05, 3.63) is 71.8 Å². The fraction of sp³-hybridized carbons (Fsp3) is 0.294. The van der Waals surface area contributed by atoms with Gasteiger partial charge in [-0.15, -0.1) is 0 Å². The van der Waals surface area contributed by atoms with Crippen LogP contribution in [0.4, 0.5) is 4.79 Å². The maximum Gasteiger partial charge on any atom is 0.341 e. The number of hydrogen-bond acceptors (Lipinski definition) is 10. The van der Waals surface area contributed by atoms with E-state index in [-0.39, 0.29) is 5.24 Å². The standard InChI is InChI=1S/2C17H19NO4S/c1-5-22-16(19)14-8-6-11-10-12(23-17(20)18(2)3)7-9-13(11)15(14)21-4;1-5-21-16(19)14-8-6-11-10-12(22-17(23)18(2)3)7-9-13(11)15(14)20-4/h2*6-10H,5H2,1-4H3. The predicted molar refractivity (Wildman–Crippen MR) is 185 cm³/mol. The second-order valence-electron chi connectivity index (χ2n) is 10.0. The molecule has 12 heteroatoms. The molecule has 0 unspecified atom stereocenters. The maximum absolute atomic E-state index is 12.0. The van der Waals surface area contributed by atoms with Crippen molar-refractivity contribution >= 4 is 67.9 Å². The van der Waals surface area contributed by atoms with Crippen LogP contribution in [0.3, 0.4) is 0 Å². The van der Waals surface area contributed by atoms with E-state index in [0.717, 1.165) is 38.2 Å². The van der Waals surface area contributed by atoms with Crippen molar-refractivity contribution in [2.75, 3.05) is 55.6 Å². The fourth-order valence-corrected chi connectivity index (χ4v) is 5.05. The van der Waals surface area contributed by atoms with E-state index in [1.165, 1.54) is 19.1 Å². The fourth-order valence-electron chi connectivity index (χ4n) is 4.25. The molecule has 0 aliphatic carbocycles. The number of esters is 2. The van der Waals surface area contributed by atoms with Crippen LogP contribution in [0.15, 0.2) is 65.6 Å². The Morgan fingerprint density at radius 3 is 1.65 bits per heavy atom. The van der Waals surface area contributed by atoms with Gasteiger partial charge in [-0.2, -0.15) is 0 Å². The lowest BCUT2D eigenvalue weighted by atomic mass is 10.0. The van der Waals surface area contributed by atoms with Gasteiger partial charge in [0.15, 0.2) is 0 Å². The number of thiocarbonyl (C=S) groups is 1. The molecule has 0 radical (unpaired) electrons. The Bertz CT molecular complexity index is 1610. The number of hydrogen-bond donors (Lipinski definition) is 0. The third-order valence-corrected chi connectivity index (χ3v) is 7.90. The van der Waals surface area contributed by atoms with Crippen molar-refractivity contribution in [3.8, 4) is 17.2 Å². The zero-order valence-corrected chi connectivity index (χ0v) is 28.8. The molecule has 4 rings (SSSR count). The van der Waals surface area contributed by atoms with Crippen LogP contribution in [0.25, 0.3) is 21.5 Å². The number of amides is 1. The Labute approximate surface area is 278 Å². The number of nitrogens with zero attached hydrogens (tertiary/aromatic N) is 2. The monoisotopic (exact) mass is 666 g/mol. The number of fused-ring (bicyclic) bond motifs is 2. The first kappa shape index (κ1) is 35.9. The molecule has 0 aromatic heterocycles. The van der Waals surface area contributed by atoms with Gasteiger partial charge in [-0.05, 0) is 97.1 Å². The summed E-state index contributed by atoms with van der Waals surface area (Å²) in [6.45, 7) is 4.15. The second-order valence-corrected chi connectivity index (χ2v) is 11.4. The molecular formula is C34H38N2O8S2. The third kappa shape index (κ3) is 8.79. The molecule has 10 nitrogen and oxygen atoms in total. The topological polar surface area (TPSA) is 104 Å². The van der Waals surface area contributed by atoms with Gasteiger partial charge in [0.2, 0.25) is 0 Å². The van der Waals surface area contributed by atoms with Gasteiger partial charge in [0.25, 0.3) is 10.4 Å². The van der Waals surface area contributed by atoms with Crippen molar-refractivity contribution in [3.63, 3.8) is 0 Å². The number of methoxy groups -OCH3 is 2.